The number of hydrogen-bond donors (Lipinski definition) is 0. The summed E-state index contributed by atoms with van der Waals surface area (Å²) >= 11 is 1.45. The molecule has 4 aromatic rings. The van der Waals surface area contributed by atoms with Gasteiger partial charge in [0.15, 0.2) is 11.6 Å². The quantitative estimate of drug-likeness (QED) is 0.471. The summed E-state index contributed by atoms with van der Waals surface area (Å²) in [5, 5.41) is 11.3. The number of fused-ring (bicyclic) bond motifs is 1. The van der Waals surface area contributed by atoms with Gasteiger partial charge in [-0.2, -0.15) is 0 Å². The van der Waals surface area contributed by atoms with Crippen molar-refractivity contribution in [3.05, 3.63) is 76.9 Å². The molecule has 2 aromatic carbocycles. The maximum absolute atomic E-state index is 13.2. The van der Waals surface area contributed by atoms with Crippen molar-refractivity contribution in [1.29, 1.82) is 0 Å². The minimum Gasteiger partial charge on any atom is -0.327 e. The molecule has 0 spiro atoms. The Morgan fingerprint density at radius 2 is 1.68 bits per heavy atom. The highest BCUT2D eigenvalue weighted by molar-refractivity contribution is 7.13. The lowest BCUT2D eigenvalue weighted by Gasteiger charge is -2.33. The lowest BCUT2D eigenvalue weighted by molar-refractivity contribution is 0.0638. The van der Waals surface area contributed by atoms with Crippen LogP contribution in [-0.4, -0.2) is 37.1 Å². The highest BCUT2D eigenvalue weighted by Gasteiger charge is 2.32. The summed E-state index contributed by atoms with van der Waals surface area (Å²) in [4.78, 5) is 19.3. The second-order valence-electron chi connectivity index (χ2n) is 7.26. The number of hydrogen-bond acceptors (Lipinski definition) is 5. The second-order valence-corrected chi connectivity index (χ2v) is 8.12. The molecule has 0 unspecified atom stereocenters. The summed E-state index contributed by atoms with van der Waals surface area (Å²) < 4.78 is 28.4. The van der Waals surface area contributed by atoms with Gasteiger partial charge in [-0.05, 0) is 55.5 Å². The molecule has 1 amide bonds. The van der Waals surface area contributed by atoms with E-state index in [1.54, 1.807) is 17.0 Å². The fraction of sp³-hybridized carbons (Fsp3) is 0.182. The predicted molar refractivity (Wildman–Crippen MR) is 112 cm³/mol. The van der Waals surface area contributed by atoms with Crippen LogP contribution in [0.2, 0.25) is 0 Å². The van der Waals surface area contributed by atoms with Gasteiger partial charge in [-0.3, -0.25) is 4.79 Å². The summed E-state index contributed by atoms with van der Waals surface area (Å²) in [6.45, 7) is 2.90. The topological polar surface area (TPSA) is 63.9 Å². The molecule has 156 valence electrons. The number of carbonyl (C=O) groups is 1. The van der Waals surface area contributed by atoms with Crippen LogP contribution in [0.15, 0.2) is 53.9 Å². The SMILES string of the molecule is C[C@H]1c2nnc(-c3csc(-c4ccc(F)cc4)n3)n2CCN1C(=O)c1ccc(F)cc1. The van der Waals surface area contributed by atoms with Crippen LogP contribution >= 0.6 is 11.3 Å². The van der Waals surface area contributed by atoms with E-state index in [-0.39, 0.29) is 23.6 Å². The molecule has 3 heterocycles. The van der Waals surface area contributed by atoms with Crippen LogP contribution in [0.5, 0.6) is 0 Å². The van der Waals surface area contributed by atoms with Crippen LogP contribution in [0.1, 0.15) is 29.1 Å². The Kier molecular flexibility index (Phi) is 4.82. The molecule has 1 aliphatic heterocycles. The van der Waals surface area contributed by atoms with Gasteiger partial charge in [-0.1, -0.05) is 0 Å². The minimum absolute atomic E-state index is 0.171. The lowest BCUT2D eigenvalue weighted by atomic mass is 10.1. The average Bonchev–Trinajstić information content (AvgIpc) is 3.42. The first kappa shape index (κ1) is 19.5. The smallest absolute Gasteiger partial charge is 0.254 e. The Balaban J connectivity index is 1.41. The van der Waals surface area contributed by atoms with Gasteiger partial charge in [0.25, 0.3) is 5.91 Å². The van der Waals surface area contributed by atoms with Crippen LogP contribution in [0.3, 0.4) is 0 Å². The summed E-state index contributed by atoms with van der Waals surface area (Å²) in [5.41, 5.74) is 1.96. The highest BCUT2D eigenvalue weighted by atomic mass is 32.1. The second kappa shape index (κ2) is 7.66. The molecule has 0 saturated carbocycles. The Bertz CT molecular complexity index is 1250. The van der Waals surface area contributed by atoms with Gasteiger partial charge in [-0.15, -0.1) is 21.5 Å². The zero-order valence-electron chi connectivity index (χ0n) is 16.5. The maximum atomic E-state index is 13.2. The molecule has 5 rings (SSSR count). The fourth-order valence-electron chi connectivity index (χ4n) is 3.71. The van der Waals surface area contributed by atoms with Crippen molar-refractivity contribution in [1.82, 2.24) is 24.6 Å². The summed E-state index contributed by atoms with van der Waals surface area (Å²) in [6.07, 6.45) is 0. The Morgan fingerprint density at radius 1 is 1.00 bits per heavy atom. The van der Waals surface area contributed by atoms with E-state index in [2.05, 4.69) is 15.2 Å². The summed E-state index contributed by atoms with van der Waals surface area (Å²) in [7, 11) is 0. The third-order valence-corrected chi connectivity index (χ3v) is 6.25. The van der Waals surface area contributed by atoms with Gasteiger partial charge in [-0.25, -0.2) is 13.8 Å². The Morgan fingerprint density at radius 3 is 2.39 bits per heavy atom. The number of aromatic nitrogens is 4. The minimum atomic E-state index is -0.379. The van der Waals surface area contributed by atoms with E-state index in [9.17, 15) is 13.6 Å². The number of halogens is 2. The zero-order chi connectivity index (χ0) is 21.5. The number of benzene rings is 2. The molecule has 0 radical (unpaired) electrons. The van der Waals surface area contributed by atoms with Crippen molar-refractivity contribution < 1.29 is 13.6 Å². The zero-order valence-corrected chi connectivity index (χ0v) is 17.3. The van der Waals surface area contributed by atoms with Crippen LogP contribution in [0, 0.1) is 11.6 Å². The first-order valence-electron chi connectivity index (χ1n) is 9.73. The molecule has 6 nitrogen and oxygen atoms in total. The van der Waals surface area contributed by atoms with Gasteiger partial charge in [0, 0.05) is 29.6 Å². The fourth-order valence-corrected chi connectivity index (χ4v) is 4.52. The van der Waals surface area contributed by atoms with Crippen molar-refractivity contribution >= 4 is 17.2 Å². The van der Waals surface area contributed by atoms with E-state index >= 15 is 0 Å². The average molecular weight is 437 g/mol. The molecular weight excluding hydrogens is 420 g/mol. The molecule has 31 heavy (non-hydrogen) atoms. The number of thiazole rings is 1. The molecule has 1 aliphatic rings. The molecule has 9 heteroatoms. The number of amides is 1. The molecule has 0 aliphatic carbocycles. The summed E-state index contributed by atoms with van der Waals surface area (Å²) in [6, 6.07) is 11.4. The van der Waals surface area contributed by atoms with Crippen LogP contribution in [0.25, 0.3) is 22.1 Å². The van der Waals surface area contributed by atoms with Gasteiger partial charge >= 0.3 is 0 Å². The molecular formula is C22H17F2N5OS. The number of carbonyl (C=O) groups excluding carboxylic acids is 1. The van der Waals surface area contributed by atoms with E-state index in [1.807, 2.05) is 16.9 Å². The Labute approximate surface area is 180 Å². The van der Waals surface area contributed by atoms with Gasteiger partial charge in [0.05, 0.1) is 6.04 Å². The number of nitrogens with zero attached hydrogens (tertiary/aromatic N) is 5. The van der Waals surface area contributed by atoms with Crippen LogP contribution in [-0.2, 0) is 6.54 Å². The molecule has 0 N–H and O–H groups in total. The normalized spacial score (nSPS) is 15.7. The maximum Gasteiger partial charge on any atom is 0.254 e. The number of rotatable bonds is 3. The molecule has 0 fully saturated rings. The van der Waals surface area contributed by atoms with E-state index in [4.69, 9.17) is 0 Å². The lowest BCUT2D eigenvalue weighted by Crippen LogP contribution is -2.41. The van der Waals surface area contributed by atoms with Gasteiger partial charge < -0.3 is 9.47 Å². The largest absolute Gasteiger partial charge is 0.327 e. The third-order valence-electron chi connectivity index (χ3n) is 5.36. The standard InChI is InChI=1S/C22H17F2N5OS/c1-13-19-26-27-20(18-12-31-21(25-18)14-2-6-16(23)7-3-14)29(19)11-10-28(13)22(30)15-4-8-17(24)9-5-15/h2-9,12-13H,10-11H2,1H3/t13-/m0/s1. The van der Waals surface area contributed by atoms with Crippen LogP contribution < -0.4 is 0 Å². The van der Waals surface area contributed by atoms with Crippen molar-refractivity contribution in [3.63, 3.8) is 0 Å². The first-order valence-corrected chi connectivity index (χ1v) is 10.6. The van der Waals surface area contributed by atoms with E-state index < -0.39 is 0 Å². The van der Waals surface area contributed by atoms with E-state index in [1.165, 1.54) is 47.7 Å². The van der Waals surface area contributed by atoms with Crippen molar-refractivity contribution in [2.24, 2.45) is 0 Å². The molecule has 1 atom stereocenters. The summed E-state index contributed by atoms with van der Waals surface area (Å²) in [5.74, 6) is 0.473. The monoisotopic (exact) mass is 437 g/mol. The van der Waals surface area contributed by atoms with E-state index in [0.29, 0.717) is 36.0 Å². The van der Waals surface area contributed by atoms with Gasteiger partial charge in [0.1, 0.15) is 22.3 Å². The van der Waals surface area contributed by atoms with Crippen molar-refractivity contribution in [3.8, 4) is 22.1 Å². The molecule has 2 aromatic heterocycles. The van der Waals surface area contributed by atoms with Gasteiger partial charge in [0.2, 0.25) is 0 Å². The molecule has 0 saturated heterocycles. The third kappa shape index (κ3) is 3.50. The Hall–Kier alpha value is -3.46. The van der Waals surface area contributed by atoms with Crippen LogP contribution in [0.4, 0.5) is 8.78 Å². The highest BCUT2D eigenvalue weighted by Crippen LogP contribution is 2.32. The van der Waals surface area contributed by atoms with E-state index in [0.717, 1.165) is 10.6 Å². The molecule has 0 bridgehead atoms. The predicted octanol–water partition coefficient (Wildman–Crippen LogP) is 4.56. The van der Waals surface area contributed by atoms with Crippen molar-refractivity contribution in [2.75, 3.05) is 6.54 Å². The van der Waals surface area contributed by atoms with Crippen molar-refractivity contribution in [2.45, 2.75) is 19.5 Å². The first-order chi connectivity index (χ1) is 15.0.